The Bertz CT molecular complexity index is 695. The third-order valence-corrected chi connectivity index (χ3v) is 5.53. The van der Waals surface area contributed by atoms with Crippen LogP contribution in [0.1, 0.15) is 57.4 Å². The van der Waals surface area contributed by atoms with Crippen LogP contribution in [0.5, 0.6) is 5.75 Å². The summed E-state index contributed by atoms with van der Waals surface area (Å²) >= 11 is 0. The van der Waals surface area contributed by atoms with Crippen LogP contribution in [-0.2, 0) is 40.0 Å². The van der Waals surface area contributed by atoms with Crippen LogP contribution in [0.2, 0.25) is 0 Å². The van der Waals surface area contributed by atoms with Crippen molar-refractivity contribution in [3.05, 3.63) is 29.8 Å². The second kappa shape index (κ2) is 22.0. The molecule has 0 spiro atoms. The molecule has 1 aromatic rings. The lowest BCUT2D eigenvalue weighted by atomic mass is 10.0. The molecule has 0 aliphatic carbocycles. The fourth-order valence-electron chi connectivity index (χ4n) is 3.22. The van der Waals surface area contributed by atoms with Crippen LogP contribution in [0.3, 0.4) is 0 Å². The van der Waals surface area contributed by atoms with Crippen LogP contribution in [0.15, 0.2) is 24.3 Å². The maximum Gasteiger partial charge on any atom is 0.397 e. The smallest absolute Gasteiger partial charge is 0.397 e. The first-order chi connectivity index (χ1) is 17.0. The highest BCUT2D eigenvalue weighted by atomic mass is 32.3. The van der Waals surface area contributed by atoms with Crippen LogP contribution >= 0.6 is 0 Å². The van der Waals surface area contributed by atoms with Gasteiger partial charge in [0.05, 0.1) is 59.5 Å². The number of ether oxygens (including phenoxy) is 5. The van der Waals surface area contributed by atoms with E-state index in [-0.39, 0.29) is 13.2 Å². The molecule has 1 aromatic carbocycles. The molecule has 10 heteroatoms. The van der Waals surface area contributed by atoms with Crippen LogP contribution < -0.4 is 4.74 Å². The quantitative estimate of drug-likeness (QED) is 0.149. The molecule has 0 aliphatic heterocycles. The average molecular weight is 521 g/mol. The van der Waals surface area contributed by atoms with Gasteiger partial charge in [-0.2, -0.15) is 8.42 Å². The van der Waals surface area contributed by atoms with Crippen molar-refractivity contribution in [2.24, 2.45) is 0 Å². The van der Waals surface area contributed by atoms with Crippen molar-refractivity contribution in [1.82, 2.24) is 0 Å². The summed E-state index contributed by atoms with van der Waals surface area (Å²) in [6.45, 7) is 5.51. The zero-order chi connectivity index (χ0) is 25.5. The summed E-state index contributed by atoms with van der Waals surface area (Å²) < 4.78 is 60.1. The summed E-state index contributed by atoms with van der Waals surface area (Å²) in [6.07, 6.45) is 10.4. The van der Waals surface area contributed by atoms with Gasteiger partial charge in [0.25, 0.3) is 0 Å². The normalized spacial score (nSPS) is 11.7. The van der Waals surface area contributed by atoms with Crippen LogP contribution in [0.4, 0.5) is 0 Å². The van der Waals surface area contributed by atoms with Crippen LogP contribution in [0, 0.1) is 0 Å². The predicted octanol–water partition coefficient (Wildman–Crippen LogP) is 4.24. The maximum absolute atomic E-state index is 10.3. The Morgan fingerprint density at radius 3 is 1.60 bits per heavy atom. The Kier molecular flexibility index (Phi) is 19.9. The molecule has 0 amide bonds. The van der Waals surface area contributed by atoms with Gasteiger partial charge in [0.1, 0.15) is 12.4 Å². The molecule has 0 radical (unpaired) electrons. The van der Waals surface area contributed by atoms with E-state index in [2.05, 4.69) is 23.2 Å². The minimum atomic E-state index is -4.41. The minimum Gasteiger partial charge on any atom is -0.491 e. The molecule has 0 fully saturated rings. The maximum atomic E-state index is 10.3. The number of unbranched alkanes of at least 4 members (excludes halogenated alkanes) is 6. The Morgan fingerprint density at radius 1 is 0.629 bits per heavy atom. The highest BCUT2D eigenvalue weighted by Gasteiger charge is 2.03. The SMILES string of the molecule is CCCCCCCCCc1ccc(OCCOCCOCCOCCOCCOS(=O)(=O)O)cc1. The Balaban J connectivity index is 1.84. The van der Waals surface area contributed by atoms with Gasteiger partial charge in [0.2, 0.25) is 0 Å². The van der Waals surface area contributed by atoms with E-state index >= 15 is 0 Å². The predicted molar refractivity (Wildman–Crippen MR) is 134 cm³/mol. The lowest BCUT2D eigenvalue weighted by molar-refractivity contribution is -0.00709. The van der Waals surface area contributed by atoms with Gasteiger partial charge in [-0.3, -0.25) is 4.55 Å². The molecule has 0 aliphatic rings. The molecule has 0 unspecified atom stereocenters. The van der Waals surface area contributed by atoms with E-state index in [0.29, 0.717) is 52.9 Å². The topological polar surface area (TPSA) is 110 Å². The van der Waals surface area contributed by atoms with Gasteiger partial charge in [-0.15, -0.1) is 0 Å². The molecule has 0 saturated heterocycles. The van der Waals surface area contributed by atoms with Gasteiger partial charge < -0.3 is 23.7 Å². The number of benzene rings is 1. The van der Waals surface area contributed by atoms with E-state index in [1.54, 1.807) is 0 Å². The first kappa shape index (κ1) is 31.8. The van der Waals surface area contributed by atoms with E-state index in [0.717, 1.165) is 12.2 Å². The standard InChI is InChI=1S/C25H44O9S/c1-2-3-4-5-6-7-8-9-24-10-12-25(13-11-24)33-22-20-31-18-16-29-14-15-30-17-19-32-21-23-34-35(26,27)28/h10-13H,2-9,14-23H2,1H3,(H,26,27,28). The summed E-state index contributed by atoms with van der Waals surface area (Å²) in [6, 6.07) is 8.34. The molecule has 0 heterocycles. The van der Waals surface area contributed by atoms with Crippen LogP contribution in [0.25, 0.3) is 0 Å². The van der Waals surface area contributed by atoms with Crippen LogP contribution in [-0.4, -0.2) is 79.0 Å². The van der Waals surface area contributed by atoms with E-state index in [9.17, 15) is 8.42 Å². The van der Waals surface area contributed by atoms with Crippen molar-refractivity contribution in [3.63, 3.8) is 0 Å². The lowest BCUT2D eigenvalue weighted by Crippen LogP contribution is -2.15. The monoisotopic (exact) mass is 520 g/mol. The number of hydrogen-bond donors (Lipinski definition) is 1. The highest BCUT2D eigenvalue weighted by Crippen LogP contribution is 2.15. The second-order valence-electron chi connectivity index (χ2n) is 8.06. The van der Waals surface area contributed by atoms with Gasteiger partial charge >= 0.3 is 10.4 Å². The minimum absolute atomic E-state index is 0.0469. The zero-order valence-electron chi connectivity index (χ0n) is 21.2. The third-order valence-electron chi connectivity index (χ3n) is 5.06. The van der Waals surface area contributed by atoms with Crippen molar-refractivity contribution in [1.29, 1.82) is 0 Å². The second-order valence-corrected chi connectivity index (χ2v) is 9.15. The molecule has 0 aromatic heterocycles. The molecule has 0 bridgehead atoms. The van der Waals surface area contributed by atoms with Crippen molar-refractivity contribution < 1.29 is 40.8 Å². The Hall–Kier alpha value is -1.27. The molecule has 35 heavy (non-hydrogen) atoms. The third kappa shape index (κ3) is 21.7. The van der Waals surface area contributed by atoms with Gasteiger partial charge in [-0.05, 0) is 30.5 Å². The van der Waals surface area contributed by atoms with Gasteiger partial charge in [0, 0.05) is 0 Å². The summed E-state index contributed by atoms with van der Waals surface area (Å²) in [7, 11) is -4.41. The molecule has 9 nitrogen and oxygen atoms in total. The van der Waals surface area contributed by atoms with Crippen molar-refractivity contribution >= 4 is 10.4 Å². The van der Waals surface area contributed by atoms with E-state index in [1.807, 2.05) is 12.1 Å². The van der Waals surface area contributed by atoms with Gasteiger partial charge in [0.15, 0.2) is 0 Å². The lowest BCUT2D eigenvalue weighted by Gasteiger charge is -2.09. The molecule has 1 N–H and O–H groups in total. The van der Waals surface area contributed by atoms with E-state index < -0.39 is 10.4 Å². The first-order valence-corrected chi connectivity index (χ1v) is 14.0. The summed E-state index contributed by atoms with van der Waals surface area (Å²) in [4.78, 5) is 0. The van der Waals surface area contributed by atoms with Crippen molar-refractivity contribution in [3.8, 4) is 5.75 Å². The summed E-state index contributed by atoms with van der Waals surface area (Å²) in [5.41, 5.74) is 1.36. The average Bonchev–Trinajstić information content (AvgIpc) is 2.83. The number of rotatable bonds is 25. The molecule has 0 saturated carbocycles. The summed E-state index contributed by atoms with van der Waals surface area (Å²) in [5, 5.41) is 0. The Labute approximate surface area is 211 Å². The van der Waals surface area contributed by atoms with Gasteiger partial charge in [-0.1, -0.05) is 57.6 Å². The first-order valence-electron chi connectivity index (χ1n) is 12.7. The Morgan fingerprint density at radius 2 is 1.09 bits per heavy atom. The molecule has 1 rings (SSSR count). The summed E-state index contributed by atoms with van der Waals surface area (Å²) in [5.74, 6) is 0.861. The number of hydrogen-bond acceptors (Lipinski definition) is 8. The fraction of sp³-hybridized carbons (Fsp3) is 0.760. The fourth-order valence-corrected chi connectivity index (χ4v) is 3.50. The zero-order valence-corrected chi connectivity index (χ0v) is 22.0. The highest BCUT2D eigenvalue weighted by molar-refractivity contribution is 7.80. The molecule has 204 valence electrons. The number of aryl methyl sites for hydroxylation is 1. The van der Waals surface area contributed by atoms with E-state index in [4.69, 9.17) is 28.2 Å². The molecular formula is C25H44O9S. The molecular weight excluding hydrogens is 476 g/mol. The van der Waals surface area contributed by atoms with E-state index in [1.165, 1.54) is 50.5 Å². The molecule has 0 atom stereocenters. The van der Waals surface area contributed by atoms with Crippen molar-refractivity contribution in [2.45, 2.75) is 58.3 Å². The van der Waals surface area contributed by atoms with Crippen molar-refractivity contribution in [2.75, 3.05) is 66.1 Å². The van der Waals surface area contributed by atoms with Gasteiger partial charge in [-0.25, -0.2) is 4.18 Å². The largest absolute Gasteiger partial charge is 0.491 e.